The summed E-state index contributed by atoms with van der Waals surface area (Å²) in [7, 11) is 0. The minimum absolute atomic E-state index is 0.0103. The predicted molar refractivity (Wildman–Crippen MR) is 129 cm³/mol. The van der Waals surface area contributed by atoms with Gasteiger partial charge in [0.05, 0.1) is 11.6 Å². The van der Waals surface area contributed by atoms with Crippen molar-refractivity contribution in [3.63, 3.8) is 0 Å². The predicted octanol–water partition coefficient (Wildman–Crippen LogP) is 5.43. The number of aliphatic imine (C=N–C) groups is 1. The molecule has 34 heavy (non-hydrogen) atoms. The molecule has 6 heteroatoms. The summed E-state index contributed by atoms with van der Waals surface area (Å²) < 4.78 is 14.3. The number of allylic oxidation sites excluding steroid dienone is 2. The average molecular weight is 454 g/mol. The molecule has 1 aromatic heterocycles. The molecule has 3 atom stereocenters. The number of Topliss-reactive ketones (excluding diaryl/α,β-unsaturated/α-hetero) is 1. The van der Waals surface area contributed by atoms with Crippen LogP contribution < -0.4 is 5.32 Å². The maximum Gasteiger partial charge on any atom is 0.234 e. The maximum absolute atomic E-state index is 14.3. The van der Waals surface area contributed by atoms with Gasteiger partial charge in [-0.2, -0.15) is 0 Å². The van der Waals surface area contributed by atoms with E-state index >= 15 is 0 Å². The first-order chi connectivity index (χ1) is 16.5. The molecule has 1 amide bonds. The van der Waals surface area contributed by atoms with E-state index in [9.17, 15) is 14.0 Å². The summed E-state index contributed by atoms with van der Waals surface area (Å²) >= 11 is 0. The van der Waals surface area contributed by atoms with Crippen molar-refractivity contribution in [1.29, 1.82) is 0 Å². The van der Waals surface area contributed by atoms with Crippen molar-refractivity contribution in [1.82, 2.24) is 4.98 Å². The number of aromatic nitrogens is 1. The highest BCUT2D eigenvalue weighted by molar-refractivity contribution is 6.13. The van der Waals surface area contributed by atoms with E-state index in [2.05, 4.69) is 10.3 Å². The van der Waals surface area contributed by atoms with Gasteiger partial charge in [0, 0.05) is 41.7 Å². The first kappa shape index (κ1) is 21.9. The highest BCUT2D eigenvalue weighted by Gasteiger charge is 2.44. The number of nitrogens with one attached hydrogen (secondary N) is 1. The summed E-state index contributed by atoms with van der Waals surface area (Å²) in [5.74, 6) is -2.16. The van der Waals surface area contributed by atoms with Gasteiger partial charge in [0.2, 0.25) is 5.91 Å². The summed E-state index contributed by atoms with van der Waals surface area (Å²) in [6, 6.07) is 19.7. The van der Waals surface area contributed by atoms with E-state index in [0.717, 1.165) is 16.8 Å². The molecular weight excluding hydrogens is 429 g/mol. The fourth-order valence-corrected chi connectivity index (χ4v) is 5.05. The van der Waals surface area contributed by atoms with Crippen LogP contribution in [0.4, 0.5) is 10.1 Å². The van der Waals surface area contributed by atoms with E-state index in [0.29, 0.717) is 24.1 Å². The zero-order chi connectivity index (χ0) is 23.7. The van der Waals surface area contributed by atoms with Gasteiger partial charge in [-0.1, -0.05) is 48.5 Å². The summed E-state index contributed by atoms with van der Waals surface area (Å²) in [5, 5.41) is 2.71. The van der Waals surface area contributed by atoms with E-state index in [1.54, 1.807) is 37.5 Å². The van der Waals surface area contributed by atoms with Crippen LogP contribution in [0.2, 0.25) is 0 Å². The fourth-order valence-electron chi connectivity index (χ4n) is 5.05. The Kier molecular flexibility index (Phi) is 5.88. The third kappa shape index (κ3) is 4.07. The molecule has 0 saturated heterocycles. The molecule has 0 spiro atoms. The lowest BCUT2D eigenvalue weighted by atomic mass is 9.69. The van der Waals surface area contributed by atoms with E-state index in [1.807, 2.05) is 36.4 Å². The monoisotopic (exact) mass is 453 g/mol. The number of amides is 1. The molecule has 1 aliphatic heterocycles. The zero-order valence-electron chi connectivity index (χ0n) is 18.7. The van der Waals surface area contributed by atoms with Crippen molar-refractivity contribution in [3.8, 4) is 0 Å². The molecule has 1 aliphatic carbocycles. The highest BCUT2D eigenvalue weighted by Crippen LogP contribution is 2.46. The van der Waals surface area contributed by atoms with Crippen LogP contribution in [0, 0.1) is 11.7 Å². The molecule has 170 valence electrons. The molecule has 2 aromatic carbocycles. The Labute approximate surface area is 197 Å². The van der Waals surface area contributed by atoms with Gasteiger partial charge in [-0.15, -0.1) is 0 Å². The number of hydrogen-bond donors (Lipinski definition) is 1. The van der Waals surface area contributed by atoms with E-state index in [-0.39, 0.29) is 17.4 Å². The molecule has 2 heterocycles. The number of hydrogen-bond acceptors (Lipinski definition) is 4. The topological polar surface area (TPSA) is 71.4 Å². The standard InChI is InChI=1S/C28H24FN3O2/c1-17-25(28(34)32-22-12-6-5-11-21(22)29)26(19-10-7-13-30-16-19)27-23(31-17)14-20(15-24(27)33)18-8-3-2-4-9-18/h2-13,16,20,25-26H,14-15H2,1H3,(H,32,34)/t20-,25?,26-/m0/s1. The minimum Gasteiger partial charge on any atom is -0.323 e. The Balaban J connectivity index is 1.55. The van der Waals surface area contributed by atoms with Gasteiger partial charge < -0.3 is 5.32 Å². The second-order valence-electron chi connectivity index (χ2n) is 8.76. The van der Waals surface area contributed by atoms with Crippen molar-refractivity contribution in [2.75, 3.05) is 5.32 Å². The lowest BCUT2D eigenvalue weighted by Crippen LogP contribution is -2.40. The van der Waals surface area contributed by atoms with Crippen LogP contribution in [0.3, 0.4) is 0 Å². The number of carbonyl (C=O) groups is 2. The van der Waals surface area contributed by atoms with Crippen LogP contribution in [0.25, 0.3) is 0 Å². The van der Waals surface area contributed by atoms with Crippen LogP contribution >= 0.6 is 0 Å². The second-order valence-corrected chi connectivity index (χ2v) is 8.76. The van der Waals surface area contributed by atoms with Crippen LogP contribution in [-0.2, 0) is 9.59 Å². The molecule has 5 rings (SSSR count). The third-order valence-electron chi connectivity index (χ3n) is 6.62. The second kappa shape index (κ2) is 9.14. The first-order valence-electron chi connectivity index (χ1n) is 11.3. The number of nitrogens with zero attached hydrogens (tertiary/aromatic N) is 2. The van der Waals surface area contributed by atoms with Crippen LogP contribution in [0.15, 0.2) is 95.4 Å². The Morgan fingerprint density at radius 1 is 0.971 bits per heavy atom. The van der Waals surface area contributed by atoms with Gasteiger partial charge in [0.1, 0.15) is 5.82 Å². The molecule has 2 aliphatic rings. The van der Waals surface area contributed by atoms with Gasteiger partial charge in [0.15, 0.2) is 5.78 Å². The first-order valence-corrected chi connectivity index (χ1v) is 11.3. The van der Waals surface area contributed by atoms with Gasteiger partial charge in [-0.05, 0) is 48.6 Å². The average Bonchev–Trinajstić information content (AvgIpc) is 2.85. The SMILES string of the molecule is CC1=NC2=C(C(=O)C[C@@H](c3ccccc3)C2)[C@@H](c2cccnc2)C1C(=O)Nc1ccccc1F. The number of carbonyl (C=O) groups excluding carboxylic acids is 2. The van der Waals surface area contributed by atoms with Crippen LogP contribution in [0.1, 0.15) is 42.7 Å². The minimum atomic E-state index is -0.750. The summed E-state index contributed by atoms with van der Waals surface area (Å²) in [6.45, 7) is 1.80. The molecule has 1 unspecified atom stereocenters. The molecule has 3 aromatic rings. The molecule has 0 saturated carbocycles. The Hall–Kier alpha value is -3.93. The number of pyridine rings is 1. The largest absolute Gasteiger partial charge is 0.323 e. The number of rotatable bonds is 4. The van der Waals surface area contributed by atoms with Crippen molar-refractivity contribution >= 4 is 23.1 Å². The van der Waals surface area contributed by atoms with E-state index in [1.165, 1.54) is 12.1 Å². The van der Waals surface area contributed by atoms with Crippen molar-refractivity contribution < 1.29 is 14.0 Å². The number of anilines is 1. The summed E-state index contributed by atoms with van der Waals surface area (Å²) in [5.41, 5.74) is 3.87. The summed E-state index contributed by atoms with van der Waals surface area (Å²) in [6.07, 6.45) is 4.33. The Morgan fingerprint density at radius 3 is 2.44 bits per heavy atom. The lowest BCUT2D eigenvalue weighted by Gasteiger charge is -2.36. The number of benzene rings is 2. The van der Waals surface area contributed by atoms with Gasteiger partial charge >= 0.3 is 0 Å². The Morgan fingerprint density at radius 2 is 1.71 bits per heavy atom. The lowest BCUT2D eigenvalue weighted by molar-refractivity contribution is -0.119. The summed E-state index contributed by atoms with van der Waals surface area (Å²) in [4.78, 5) is 36.0. The van der Waals surface area contributed by atoms with E-state index < -0.39 is 23.6 Å². The van der Waals surface area contributed by atoms with Gasteiger partial charge in [-0.3, -0.25) is 19.6 Å². The highest BCUT2D eigenvalue weighted by atomic mass is 19.1. The van der Waals surface area contributed by atoms with Crippen molar-refractivity contribution in [2.45, 2.75) is 31.6 Å². The number of ketones is 1. The molecule has 5 nitrogen and oxygen atoms in total. The van der Waals surface area contributed by atoms with Crippen molar-refractivity contribution in [3.05, 3.63) is 107 Å². The fraction of sp³-hybridized carbons (Fsp3) is 0.214. The van der Waals surface area contributed by atoms with Gasteiger partial charge in [-0.25, -0.2) is 4.39 Å². The van der Waals surface area contributed by atoms with Crippen LogP contribution in [-0.4, -0.2) is 22.4 Å². The Bertz CT molecular complexity index is 1300. The van der Waals surface area contributed by atoms with E-state index in [4.69, 9.17) is 4.99 Å². The molecule has 1 N–H and O–H groups in total. The zero-order valence-corrected chi connectivity index (χ0v) is 18.7. The molecule has 0 bridgehead atoms. The normalized spacial score (nSPS) is 22.1. The quantitative estimate of drug-likeness (QED) is 0.572. The molecule has 0 fully saturated rings. The number of halogens is 1. The van der Waals surface area contributed by atoms with Crippen molar-refractivity contribution in [2.24, 2.45) is 10.9 Å². The molecular formula is C28H24FN3O2. The molecule has 0 radical (unpaired) electrons. The maximum atomic E-state index is 14.3. The van der Waals surface area contributed by atoms with Crippen LogP contribution in [0.5, 0.6) is 0 Å². The third-order valence-corrected chi connectivity index (χ3v) is 6.62. The number of para-hydroxylation sites is 1. The smallest absolute Gasteiger partial charge is 0.234 e. The van der Waals surface area contributed by atoms with Gasteiger partial charge in [0.25, 0.3) is 0 Å².